The first-order chi connectivity index (χ1) is 20.5. The number of ether oxygens (including phenoxy) is 1. The van der Waals surface area contributed by atoms with Gasteiger partial charge in [-0.2, -0.15) is 0 Å². The molecule has 2 amide bonds. The Hall–Kier alpha value is -2.77. The molecule has 9 heteroatoms. The fourth-order valence-electron chi connectivity index (χ4n) is 6.03. The van der Waals surface area contributed by atoms with Crippen molar-refractivity contribution >= 4 is 47.5 Å². The molecule has 2 aliphatic rings. The smallest absolute Gasteiger partial charge is 0.326 e. The zero-order valence-electron chi connectivity index (χ0n) is 26.4. The van der Waals surface area contributed by atoms with Gasteiger partial charge in [0.2, 0.25) is 0 Å². The molecular formula is C35H43Cl3N4O2. The molecule has 236 valence electrons. The fourth-order valence-corrected chi connectivity index (χ4v) is 6.28. The van der Waals surface area contributed by atoms with Gasteiger partial charge in [-0.3, -0.25) is 9.89 Å². The third kappa shape index (κ3) is 7.20. The van der Waals surface area contributed by atoms with E-state index in [1.54, 1.807) is 0 Å². The molecule has 2 heterocycles. The molecule has 5 rings (SSSR count). The monoisotopic (exact) mass is 656 g/mol. The third-order valence-electron chi connectivity index (χ3n) is 8.55. The van der Waals surface area contributed by atoms with Crippen molar-refractivity contribution in [1.29, 1.82) is 0 Å². The maximum atomic E-state index is 14.7. The highest BCUT2D eigenvalue weighted by Gasteiger charge is 2.45. The molecule has 0 saturated carbocycles. The Morgan fingerprint density at radius 2 is 1.50 bits per heavy atom. The van der Waals surface area contributed by atoms with Crippen molar-refractivity contribution in [2.45, 2.75) is 64.1 Å². The van der Waals surface area contributed by atoms with Crippen LogP contribution in [0.4, 0.5) is 4.79 Å². The standard InChI is InChI=1S/C35H42Cl2N4O2.ClH/c1-7-43-30-22-25(35(2,3)4)12-17-29(30)33-38-31(23-8-13-26(36)14-9-23)32(24-10-15-27(37)16-11-24)41(33)34(42)40-20-18-28(19-21-40)39(5)6;/h8-17,22,28,31-32H,7,18-21H2,1-6H3;1H/t31-,32+;/m0./s1. The quantitative estimate of drug-likeness (QED) is 0.266. The van der Waals surface area contributed by atoms with Crippen LogP contribution in [0.5, 0.6) is 5.75 Å². The molecule has 0 bridgehead atoms. The first-order valence-electron chi connectivity index (χ1n) is 15.1. The Labute approximate surface area is 278 Å². The van der Waals surface area contributed by atoms with Gasteiger partial charge in [0, 0.05) is 29.2 Å². The lowest BCUT2D eigenvalue weighted by Crippen LogP contribution is -2.51. The summed E-state index contributed by atoms with van der Waals surface area (Å²) in [6.45, 7) is 10.4. The highest BCUT2D eigenvalue weighted by Crippen LogP contribution is 2.46. The van der Waals surface area contributed by atoms with Crippen molar-refractivity contribution in [2.24, 2.45) is 4.99 Å². The first-order valence-corrected chi connectivity index (χ1v) is 15.8. The summed E-state index contributed by atoms with van der Waals surface area (Å²) in [6.07, 6.45) is 1.85. The van der Waals surface area contributed by atoms with Crippen molar-refractivity contribution < 1.29 is 9.53 Å². The second-order valence-corrected chi connectivity index (χ2v) is 13.5. The van der Waals surface area contributed by atoms with Crippen LogP contribution in [0, 0.1) is 0 Å². The summed E-state index contributed by atoms with van der Waals surface area (Å²) in [6, 6.07) is 21.5. The molecular weight excluding hydrogens is 615 g/mol. The van der Waals surface area contributed by atoms with Crippen LogP contribution in [0.25, 0.3) is 0 Å². The molecule has 0 N–H and O–H groups in total. The summed E-state index contributed by atoms with van der Waals surface area (Å²) < 4.78 is 6.24. The Morgan fingerprint density at radius 3 is 2.02 bits per heavy atom. The number of piperidine rings is 1. The minimum Gasteiger partial charge on any atom is -0.493 e. The van der Waals surface area contributed by atoms with E-state index in [1.807, 2.05) is 65.3 Å². The number of hydrogen-bond donors (Lipinski definition) is 0. The highest BCUT2D eigenvalue weighted by atomic mass is 35.5. The first kappa shape index (κ1) is 34.1. The third-order valence-corrected chi connectivity index (χ3v) is 9.05. The largest absolute Gasteiger partial charge is 0.493 e. The molecule has 44 heavy (non-hydrogen) atoms. The van der Waals surface area contributed by atoms with Crippen molar-refractivity contribution in [3.63, 3.8) is 0 Å². The molecule has 0 aliphatic carbocycles. The number of carbonyl (C=O) groups excluding carboxylic acids is 1. The van der Waals surface area contributed by atoms with Crippen molar-refractivity contribution in [3.8, 4) is 5.75 Å². The fraction of sp³-hybridized carbons (Fsp3) is 0.429. The van der Waals surface area contributed by atoms with Crippen LogP contribution in [-0.2, 0) is 5.41 Å². The van der Waals surface area contributed by atoms with Crippen LogP contribution in [0.15, 0.2) is 71.7 Å². The molecule has 6 nitrogen and oxygen atoms in total. The zero-order valence-corrected chi connectivity index (χ0v) is 28.7. The summed E-state index contributed by atoms with van der Waals surface area (Å²) in [5.41, 5.74) is 3.84. The van der Waals surface area contributed by atoms with E-state index in [2.05, 4.69) is 58.0 Å². The van der Waals surface area contributed by atoms with Gasteiger partial charge < -0.3 is 14.5 Å². The summed E-state index contributed by atoms with van der Waals surface area (Å²) in [4.78, 5) is 26.2. The highest BCUT2D eigenvalue weighted by molar-refractivity contribution is 6.30. The number of aliphatic imine (C=N–C) groups is 1. The van der Waals surface area contributed by atoms with Crippen molar-refractivity contribution in [3.05, 3.63) is 99.0 Å². The van der Waals surface area contributed by atoms with Crippen molar-refractivity contribution in [1.82, 2.24) is 14.7 Å². The van der Waals surface area contributed by atoms with Crippen LogP contribution < -0.4 is 4.74 Å². The normalized spacial score (nSPS) is 19.2. The summed E-state index contributed by atoms with van der Waals surface area (Å²) in [5.74, 6) is 1.34. The number of hydrogen-bond acceptors (Lipinski definition) is 4. The molecule has 0 radical (unpaired) electrons. The molecule has 0 spiro atoms. The van der Waals surface area contributed by atoms with E-state index in [9.17, 15) is 4.79 Å². The van der Waals surface area contributed by atoms with E-state index in [1.165, 1.54) is 0 Å². The maximum absolute atomic E-state index is 14.7. The van der Waals surface area contributed by atoms with Gasteiger partial charge in [-0.15, -0.1) is 12.4 Å². The molecule has 2 aliphatic heterocycles. The number of nitrogens with zero attached hydrogens (tertiary/aromatic N) is 4. The second-order valence-electron chi connectivity index (χ2n) is 12.7. The average molecular weight is 658 g/mol. The number of urea groups is 1. The number of carbonyl (C=O) groups is 1. The van der Waals surface area contributed by atoms with Crippen LogP contribution in [0.3, 0.4) is 0 Å². The van der Waals surface area contributed by atoms with Gasteiger partial charge in [-0.1, -0.05) is 74.3 Å². The number of halogens is 3. The molecule has 3 aromatic rings. The van der Waals surface area contributed by atoms with E-state index >= 15 is 0 Å². The Kier molecular flexibility index (Phi) is 10.9. The second kappa shape index (κ2) is 14.1. The maximum Gasteiger partial charge on any atom is 0.326 e. The van der Waals surface area contributed by atoms with Gasteiger partial charge in [0.15, 0.2) is 0 Å². The van der Waals surface area contributed by atoms with Gasteiger partial charge in [0.25, 0.3) is 0 Å². The van der Waals surface area contributed by atoms with E-state index in [-0.39, 0.29) is 35.9 Å². The summed E-state index contributed by atoms with van der Waals surface area (Å²) >= 11 is 12.6. The van der Waals surface area contributed by atoms with Gasteiger partial charge in [0.1, 0.15) is 17.6 Å². The van der Waals surface area contributed by atoms with E-state index in [0.717, 1.165) is 40.8 Å². The minimum atomic E-state index is -0.385. The van der Waals surface area contributed by atoms with Crippen LogP contribution in [-0.4, -0.2) is 66.4 Å². The van der Waals surface area contributed by atoms with Gasteiger partial charge in [-0.05, 0) is 92.4 Å². The number of rotatable bonds is 6. The molecule has 0 unspecified atom stereocenters. The van der Waals surface area contributed by atoms with Gasteiger partial charge >= 0.3 is 6.03 Å². The summed E-state index contributed by atoms with van der Waals surface area (Å²) in [5, 5.41) is 1.30. The zero-order chi connectivity index (χ0) is 30.9. The lowest BCUT2D eigenvalue weighted by Gasteiger charge is -2.39. The Balaban J connectivity index is 0.00000442. The number of amides is 2. The lowest BCUT2D eigenvalue weighted by atomic mass is 9.86. The number of likely N-dealkylation sites (tertiary alicyclic amines) is 1. The Morgan fingerprint density at radius 1 is 0.932 bits per heavy atom. The summed E-state index contributed by atoms with van der Waals surface area (Å²) in [7, 11) is 4.22. The lowest BCUT2D eigenvalue weighted by molar-refractivity contribution is 0.127. The van der Waals surface area contributed by atoms with Crippen LogP contribution in [0.2, 0.25) is 10.0 Å². The van der Waals surface area contributed by atoms with E-state index in [0.29, 0.717) is 41.6 Å². The van der Waals surface area contributed by atoms with Crippen molar-refractivity contribution in [2.75, 3.05) is 33.8 Å². The number of benzene rings is 3. The number of amidine groups is 1. The van der Waals surface area contributed by atoms with Gasteiger partial charge in [0.05, 0.1) is 18.2 Å². The SMILES string of the molecule is CCOc1cc(C(C)(C)C)ccc1C1=N[C@@H](c2ccc(Cl)cc2)[C@@H](c2ccc(Cl)cc2)N1C(=O)N1CCC(N(C)C)CC1.Cl. The molecule has 3 aromatic carbocycles. The molecule has 1 fully saturated rings. The topological polar surface area (TPSA) is 48.4 Å². The van der Waals surface area contributed by atoms with Gasteiger partial charge in [-0.25, -0.2) is 4.79 Å². The molecule has 2 atom stereocenters. The molecule has 1 saturated heterocycles. The van der Waals surface area contributed by atoms with Crippen LogP contribution >= 0.6 is 35.6 Å². The average Bonchev–Trinajstić information content (AvgIpc) is 3.37. The van der Waals surface area contributed by atoms with Crippen LogP contribution in [0.1, 0.15) is 74.9 Å². The predicted octanol–water partition coefficient (Wildman–Crippen LogP) is 8.80. The predicted molar refractivity (Wildman–Crippen MR) is 184 cm³/mol. The Bertz CT molecular complexity index is 1460. The van der Waals surface area contributed by atoms with E-state index in [4.69, 9.17) is 32.9 Å². The minimum absolute atomic E-state index is 0. The van der Waals surface area contributed by atoms with E-state index < -0.39 is 0 Å². The molecule has 0 aromatic heterocycles.